The molecule has 0 aromatic heterocycles. The van der Waals surface area contributed by atoms with Gasteiger partial charge in [-0.1, -0.05) is 44.6 Å². The lowest BCUT2D eigenvalue weighted by atomic mass is 9.99. The molecule has 19 heavy (non-hydrogen) atoms. The van der Waals surface area contributed by atoms with Gasteiger partial charge in [-0.15, -0.1) is 0 Å². The zero-order chi connectivity index (χ0) is 14.3. The predicted molar refractivity (Wildman–Crippen MR) is 75.5 cm³/mol. The van der Waals surface area contributed by atoms with Crippen LogP contribution in [0.5, 0.6) is 0 Å². The molecule has 3 nitrogen and oxygen atoms in total. The smallest absolute Gasteiger partial charge is 0.331 e. The monoisotopic (exact) mass is 262 g/mol. The van der Waals surface area contributed by atoms with E-state index in [0.717, 1.165) is 18.3 Å². The Morgan fingerprint density at radius 3 is 2.89 bits per heavy atom. The summed E-state index contributed by atoms with van der Waals surface area (Å²) in [6, 6.07) is 0. The van der Waals surface area contributed by atoms with Gasteiger partial charge in [0, 0.05) is 18.4 Å². The van der Waals surface area contributed by atoms with E-state index in [1.54, 1.807) is 0 Å². The maximum atomic E-state index is 11.2. The Morgan fingerprint density at radius 2 is 2.26 bits per heavy atom. The number of ether oxygens (including phenoxy) is 1. The molecule has 0 aliphatic carbocycles. The molecular formula is C16H22O3. The number of carbonyl (C=O) groups excluding carboxylic acids is 2. The number of carbonyl (C=O) groups is 2. The minimum Gasteiger partial charge on any atom is -0.454 e. The fraction of sp³-hybridized carbons (Fsp3) is 0.500. The molecule has 0 aromatic rings. The van der Waals surface area contributed by atoms with Crippen molar-refractivity contribution in [2.75, 3.05) is 0 Å². The van der Waals surface area contributed by atoms with Crippen LogP contribution in [0.2, 0.25) is 0 Å². The van der Waals surface area contributed by atoms with Gasteiger partial charge in [-0.2, -0.15) is 0 Å². The van der Waals surface area contributed by atoms with Crippen LogP contribution in [0.4, 0.5) is 0 Å². The molecule has 1 aliphatic heterocycles. The van der Waals surface area contributed by atoms with E-state index in [0.29, 0.717) is 6.42 Å². The van der Waals surface area contributed by atoms with Crippen molar-refractivity contribution in [3.63, 3.8) is 0 Å². The lowest BCUT2D eigenvalue weighted by Gasteiger charge is -2.21. The zero-order valence-electron chi connectivity index (χ0n) is 11.8. The summed E-state index contributed by atoms with van der Waals surface area (Å²) >= 11 is 0. The quantitative estimate of drug-likeness (QED) is 0.419. The second kappa shape index (κ2) is 7.72. The van der Waals surface area contributed by atoms with Crippen LogP contribution < -0.4 is 0 Å². The number of hydrogen-bond acceptors (Lipinski definition) is 3. The van der Waals surface area contributed by atoms with E-state index in [9.17, 15) is 9.59 Å². The molecule has 104 valence electrons. The summed E-state index contributed by atoms with van der Waals surface area (Å²) < 4.78 is 5.25. The highest BCUT2D eigenvalue weighted by Gasteiger charge is 2.20. The molecule has 0 saturated carbocycles. The van der Waals surface area contributed by atoms with Crippen LogP contribution in [0.25, 0.3) is 0 Å². The van der Waals surface area contributed by atoms with E-state index in [1.165, 1.54) is 6.08 Å². The summed E-state index contributed by atoms with van der Waals surface area (Å²) in [5, 5.41) is 0. The van der Waals surface area contributed by atoms with Crippen molar-refractivity contribution in [2.24, 2.45) is 11.8 Å². The normalized spacial score (nSPS) is 25.4. The van der Waals surface area contributed by atoms with Crippen molar-refractivity contribution in [3.05, 3.63) is 36.0 Å². The number of allylic oxidation sites excluding steroid dienone is 3. The molecule has 1 heterocycles. The first-order chi connectivity index (χ1) is 9.06. The zero-order valence-corrected chi connectivity index (χ0v) is 11.8. The van der Waals surface area contributed by atoms with Gasteiger partial charge in [0.1, 0.15) is 12.4 Å². The Bertz CT molecular complexity index is 404. The van der Waals surface area contributed by atoms with Gasteiger partial charge in [0.05, 0.1) is 0 Å². The topological polar surface area (TPSA) is 43.4 Å². The van der Waals surface area contributed by atoms with Gasteiger partial charge in [0.15, 0.2) is 0 Å². The van der Waals surface area contributed by atoms with Crippen molar-refractivity contribution in [3.8, 4) is 0 Å². The molecule has 0 radical (unpaired) electrons. The molecule has 1 rings (SSSR count). The summed E-state index contributed by atoms with van der Waals surface area (Å²) in [5.41, 5.74) is 1.16. The maximum absolute atomic E-state index is 11.2. The van der Waals surface area contributed by atoms with E-state index in [4.69, 9.17) is 4.74 Å². The van der Waals surface area contributed by atoms with E-state index < -0.39 is 0 Å². The van der Waals surface area contributed by atoms with Gasteiger partial charge >= 0.3 is 5.97 Å². The van der Waals surface area contributed by atoms with Crippen LogP contribution in [0.15, 0.2) is 36.0 Å². The number of aldehydes is 1. The minimum absolute atomic E-state index is 0.194. The Labute approximate surface area is 115 Å². The fourth-order valence-corrected chi connectivity index (χ4v) is 1.93. The Balaban J connectivity index is 2.69. The Kier molecular flexibility index (Phi) is 6.26. The molecule has 1 aliphatic rings. The van der Waals surface area contributed by atoms with Crippen LogP contribution in [0.3, 0.4) is 0 Å². The second-order valence-corrected chi connectivity index (χ2v) is 4.95. The van der Waals surface area contributed by atoms with E-state index >= 15 is 0 Å². The summed E-state index contributed by atoms with van der Waals surface area (Å²) in [4.78, 5) is 21.7. The third-order valence-electron chi connectivity index (χ3n) is 3.18. The van der Waals surface area contributed by atoms with Crippen LogP contribution in [0, 0.1) is 11.8 Å². The third-order valence-corrected chi connectivity index (χ3v) is 3.18. The third kappa shape index (κ3) is 5.25. The lowest BCUT2D eigenvalue weighted by Crippen LogP contribution is -2.25. The van der Waals surface area contributed by atoms with Crippen LogP contribution >= 0.6 is 0 Å². The number of cyclic esters (lactones) is 1. The average Bonchev–Trinajstić information content (AvgIpc) is 2.38. The van der Waals surface area contributed by atoms with Gasteiger partial charge in [0.2, 0.25) is 0 Å². The Hall–Kier alpha value is -1.64. The highest BCUT2D eigenvalue weighted by atomic mass is 16.5. The van der Waals surface area contributed by atoms with Gasteiger partial charge in [-0.25, -0.2) is 4.79 Å². The molecule has 3 atom stereocenters. The molecule has 0 amide bonds. The van der Waals surface area contributed by atoms with E-state index in [1.807, 2.05) is 32.1 Å². The van der Waals surface area contributed by atoms with E-state index in [-0.39, 0.29) is 23.9 Å². The van der Waals surface area contributed by atoms with Gasteiger partial charge < -0.3 is 9.53 Å². The van der Waals surface area contributed by atoms with Crippen molar-refractivity contribution in [2.45, 2.75) is 39.7 Å². The second-order valence-electron chi connectivity index (χ2n) is 4.95. The molecular weight excluding hydrogens is 240 g/mol. The SMILES string of the molecule is CCC(=C/[C@H](C)CC=O)/C=C/[C@@H]1OC(=O)C=C[C@@H]1C. The van der Waals surface area contributed by atoms with Crippen LogP contribution in [-0.4, -0.2) is 18.4 Å². The average molecular weight is 262 g/mol. The Morgan fingerprint density at radius 1 is 1.53 bits per heavy atom. The predicted octanol–water partition coefficient (Wildman–Crippen LogP) is 3.22. The molecule has 0 saturated heterocycles. The lowest BCUT2D eigenvalue weighted by molar-refractivity contribution is -0.143. The summed E-state index contributed by atoms with van der Waals surface area (Å²) in [7, 11) is 0. The summed E-state index contributed by atoms with van der Waals surface area (Å²) in [6.45, 7) is 6.10. The number of rotatable bonds is 6. The first kappa shape index (κ1) is 15.4. The fourth-order valence-electron chi connectivity index (χ4n) is 1.93. The standard InChI is InChI=1S/C16H22O3/c1-4-14(11-12(2)9-10-17)6-7-15-13(3)5-8-16(18)19-15/h5-8,10-13,15H,4,9H2,1-3H3/b7-6+,14-11-/t12-,13+,15+/m1/s1. The highest BCUT2D eigenvalue weighted by Crippen LogP contribution is 2.18. The van der Waals surface area contributed by atoms with Crippen molar-refractivity contribution in [1.29, 1.82) is 0 Å². The summed E-state index contributed by atoms with van der Waals surface area (Å²) in [6.07, 6.45) is 11.5. The molecule has 0 spiro atoms. The molecule has 0 unspecified atom stereocenters. The van der Waals surface area contributed by atoms with Gasteiger partial charge in [-0.05, 0) is 18.4 Å². The summed E-state index contributed by atoms with van der Waals surface area (Å²) in [5.74, 6) is 0.145. The maximum Gasteiger partial charge on any atom is 0.331 e. The molecule has 0 N–H and O–H groups in total. The van der Waals surface area contributed by atoms with Crippen LogP contribution in [-0.2, 0) is 14.3 Å². The van der Waals surface area contributed by atoms with E-state index in [2.05, 4.69) is 13.0 Å². The van der Waals surface area contributed by atoms with Gasteiger partial charge in [-0.3, -0.25) is 0 Å². The van der Waals surface area contributed by atoms with Crippen molar-refractivity contribution in [1.82, 2.24) is 0 Å². The first-order valence-corrected chi connectivity index (χ1v) is 6.78. The van der Waals surface area contributed by atoms with Crippen molar-refractivity contribution < 1.29 is 14.3 Å². The highest BCUT2D eigenvalue weighted by molar-refractivity contribution is 5.83. The largest absolute Gasteiger partial charge is 0.454 e. The molecule has 0 fully saturated rings. The van der Waals surface area contributed by atoms with Gasteiger partial charge in [0.25, 0.3) is 0 Å². The molecule has 3 heteroatoms. The number of esters is 1. The minimum atomic E-state index is -0.288. The molecule has 0 aromatic carbocycles. The number of hydrogen-bond donors (Lipinski definition) is 0. The first-order valence-electron chi connectivity index (χ1n) is 6.78. The molecule has 0 bridgehead atoms. The van der Waals surface area contributed by atoms with Crippen LogP contribution in [0.1, 0.15) is 33.6 Å². The van der Waals surface area contributed by atoms with Crippen molar-refractivity contribution >= 4 is 12.3 Å².